The number of pyridine rings is 1. The molecule has 0 bridgehead atoms. The number of nitrogens with zero attached hydrogens (tertiary/aromatic N) is 1. The van der Waals surface area contributed by atoms with Gasteiger partial charge in [0.2, 0.25) is 11.8 Å². The topological polar surface area (TPSA) is 72.5 Å². The summed E-state index contributed by atoms with van der Waals surface area (Å²) in [7, 11) is 3.15. The summed E-state index contributed by atoms with van der Waals surface area (Å²) in [6, 6.07) is 10.7. The molecule has 0 radical (unpaired) electrons. The van der Waals surface area contributed by atoms with E-state index in [4.69, 9.17) is 9.47 Å². The van der Waals surface area contributed by atoms with Crippen molar-refractivity contribution in [2.75, 3.05) is 31.4 Å². The van der Waals surface area contributed by atoms with Gasteiger partial charge in [0.25, 0.3) is 0 Å². The summed E-state index contributed by atoms with van der Waals surface area (Å²) in [6.07, 6.45) is 1.61. The molecule has 2 aromatic rings. The van der Waals surface area contributed by atoms with Crippen molar-refractivity contribution in [3.8, 4) is 11.6 Å². The fraction of sp³-hybridized carbons (Fsp3) is 0.200. The van der Waals surface area contributed by atoms with Gasteiger partial charge in [0.05, 0.1) is 32.6 Å². The summed E-state index contributed by atoms with van der Waals surface area (Å²) >= 11 is 0. The summed E-state index contributed by atoms with van der Waals surface area (Å²) in [5.41, 5.74) is 1.47. The fourth-order valence-corrected chi connectivity index (χ4v) is 1.67. The quantitative estimate of drug-likeness (QED) is 0.851. The number of ether oxygens (including phenoxy) is 2. The van der Waals surface area contributed by atoms with E-state index in [0.717, 1.165) is 17.1 Å². The molecule has 21 heavy (non-hydrogen) atoms. The van der Waals surface area contributed by atoms with Crippen LogP contribution in [0.3, 0.4) is 0 Å². The number of carbonyl (C=O) groups is 1. The van der Waals surface area contributed by atoms with Crippen molar-refractivity contribution in [2.24, 2.45) is 0 Å². The van der Waals surface area contributed by atoms with Crippen LogP contribution in [0.4, 0.5) is 11.4 Å². The monoisotopic (exact) mass is 287 g/mol. The van der Waals surface area contributed by atoms with E-state index in [2.05, 4.69) is 15.6 Å². The average Bonchev–Trinajstić information content (AvgIpc) is 2.54. The van der Waals surface area contributed by atoms with Crippen molar-refractivity contribution in [2.45, 2.75) is 0 Å². The lowest BCUT2D eigenvalue weighted by Gasteiger charge is -2.08. The first-order valence-corrected chi connectivity index (χ1v) is 6.39. The maximum atomic E-state index is 11.8. The van der Waals surface area contributed by atoms with Crippen LogP contribution in [-0.4, -0.2) is 31.7 Å². The van der Waals surface area contributed by atoms with Crippen molar-refractivity contribution < 1.29 is 14.3 Å². The average molecular weight is 287 g/mol. The van der Waals surface area contributed by atoms with E-state index < -0.39 is 0 Å². The van der Waals surface area contributed by atoms with Crippen LogP contribution in [0.15, 0.2) is 42.6 Å². The Bertz CT molecular complexity index is 582. The largest absolute Gasteiger partial charge is 0.497 e. The van der Waals surface area contributed by atoms with Crippen LogP contribution in [0.5, 0.6) is 11.6 Å². The van der Waals surface area contributed by atoms with Crippen LogP contribution in [0, 0.1) is 0 Å². The molecule has 0 aliphatic carbocycles. The second-order valence-electron chi connectivity index (χ2n) is 4.22. The molecule has 0 atom stereocenters. The van der Waals surface area contributed by atoms with Gasteiger partial charge in [0, 0.05) is 11.8 Å². The van der Waals surface area contributed by atoms with Gasteiger partial charge in [-0.15, -0.1) is 0 Å². The van der Waals surface area contributed by atoms with Gasteiger partial charge in [-0.3, -0.25) is 4.79 Å². The van der Waals surface area contributed by atoms with Crippen LogP contribution in [-0.2, 0) is 4.79 Å². The highest BCUT2D eigenvalue weighted by Gasteiger charge is 2.03. The number of methoxy groups -OCH3 is 2. The van der Waals surface area contributed by atoms with Crippen LogP contribution >= 0.6 is 0 Å². The summed E-state index contributed by atoms with van der Waals surface area (Å²) in [6.45, 7) is 0.153. The minimum Gasteiger partial charge on any atom is -0.497 e. The summed E-state index contributed by atoms with van der Waals surface area (Å²) in [4.78, 5) is 15.9. The number of carbonyl (C=O) groups excluding carboxylic acids is 1. The van der Waals surface area contributed by atoms with Gasteiger partial charge in [0.1, 0.15) is 5.75 Å². The molecule has 1 aromatic heterocycles. The molecule has 2 N–H and O–H groups in total. The Kier molecular flexibility index (Phi) is 4.98. The van der Waals surface area contributed by atoms with E-state index in [9.17, 15) is 4.79 Å². The van der Waals surface area contributed by atoms with Crippen LogP contribution < -0.4 is 20.1 Å². The van der Waals surface area contributed by atoms with Crippen LogP contribution in [0.2, 0.25) is 0 Å². The standard InChI is InChI=1S/C15H17N3O3/c1-20-13-6-3-11(4-7-13)18-14(19)10-16-12-5-8-15(21-2)17-9-12/h3-9,16H,10H2,1-2H3,(H,18,19). The fourth-order valence-electron chi connectivity index (χ4n) is 1.67. The minimum absolute atomic E-state index is 0.143. The zero-order valence-corrected chi connectivity index (χ0v) is 11.9. The lowest BCUT2D eigenvalue weighted by atomic mass is 10.3. The number of aromatic nitrogens is 1. The molecule has 6 heteroatoms. The Labute approximate surface area is 123 Å². The molecule has 1 amide bonds. The Hall–Kier alpha value is -2.76. The van der Waals surface area contributed by atoms with Gasteiger partial charge in [0.15, 0.2) is 0 Å². The van der Waals surface area contributed by atoms with E-state index >= 15 is 0 Å². The van der Waals surface area contributed by atoms with Crippen molar-refractivity contribution in [3.63, 3.8) is 0 Å². The molecule has 110 valence electrons. The van der Waals surface area contributed by atoms with Gasteiger partial charge in [-0.1, -0.05) is 0 Å². The molecule has 0 spiro atoms. The van der Waals surface area contributed by atoms with Crippen molar-refractivity contribution >= 4 is 17.3 Å². The predicted octanol–water partition coefficient (Wildman–Crippen LogP) is 2.15. The second kappa shape index (κ2) is 7.14. The van der Waals surface area contributed by atoms with E-state index in [1.807, 2.05) is 0 Å². The number of hydrogen-bond acceptors (Lipinski definition) is 5. The number of anilines is 2. The molecule has 0 saturated heterocycles. The number of nitrogens with one attached hydrogen (secondary N) is 2. The normalized spacial score (nSPS) is 9.81. The van der Waals surface area contributed by atoms with Crippen LogP contribution in [0.25, 0.3) is 0 Å². The lowest BCUT2D eigenvalue weighted by Crippen LogP contribution is -2.21. The molecule has 0 aliphatic rings. The molecule has 0 unspecified atom stereocenters. The lowest BCUT2D eigenvalue weighted by molar-refractivity contribution is -0.114. The van der Waals surface area contributed by atoms with Crippen LogP contribution in [0.1, 0.15) is 0 Å². The highest BCUT2D eigenvalue weighted by atomic mass is 16.5. The third-order valence-electron chi connectivity index (χ3n) is 2.77. The molecule has 0 saturated carbocycles. The molecule has 1 heterocycles. The predicted molar refractivity (Wildman–Crippen MR) is 80.9 cm³/mol. The van der Waals surface area contributed by atoms with Gasteiger partial charge < -0.3 is 20.1 Å². The molecular formula is C15H17N3O3. The number of rotatable bonds is 6. The minimum atomic E-state index is -0.143. The smallest absolute Gasteiger partial charge is 0.243 e. The highest BCUT2D eigenvalue weighted by molar-refractivity contribution is 5.93. The summed E-state index contributed by atoms with van der Waals surface area (Å²) < 4.78 is 10.0. The summed E-state index contributed by atoms with van der Waals surface area (Å²) in [5, 5.41) is 5.77. The third-order valence-corrected chi connectivity index (χ3v) is 2.77. The van der Waals surface area contributed by atoms with Crippen molar-refractivity contribution in [3.05, 3.63) is 42.6 Å². The van der Waals surface area contributed by atoms with E-state index in [0.29, 0.717) is 5.88 Å². The van der Waals surface area contributed by atoms with E-state index in [1.54, 1.807) is 56.8 Å². The van der Waals surface area contributed by atoms with Gasteiger partial charge in [-0.05, 0) is 30.3 Å². The molecular weight excluding hydrogens is 270 g/mol. The zero-order chi connectivity index (χ0) is 15.1. The Morgan fingerprint density at radius 2 is 1.76 bits per heavy atom. The summed E-state index contributed by atoms with van der Waals surface area (Å²) in [5.74, 6) is 1.13. The molecule has 6 nitrogen and oxygen atoms in total. The molecule has 2 rings (SSSR count). The van der Waals surface area contributed by atoms with E-state index in [1.165, 1.54) is 0 Å². The Morgan fingerprint density at radius 3 is 2.33 bits per heavy atom. The first-order valence-electron chi connectivity index (χ1n) is 6.39. The zero-order valence-electron chi connectivity index (χ0n) is 11.9. The number of amides is 1. The Balaban J connectivity index is 1.83. The SMILES string of the molecule is COc1ccc(NC(=O)CNc2ccc(OC)nc2)cc1. The second-order valence-corrected chi connectivity index (χ2v) is 4.22. The first kappa shape index (κ1) is 14.6. The molecule has 0 fully saturated rings. The van der Waals surface area contributed by atoms with Gasteiger partial charge in [-0.2, -0.15) is 0 Å². The Morgan fingerprint density at radius 1 is 1.05 bits per heavy atom. The highest BCUT2D eigenvalue weighted by Crippen LogP contribution is 2.15. The molecule has 0 aliphatic heterocycles. The van der Waals surface area contributed by atoms with Crippen molar-refractivity contribution in [1.29, 1.82) is 0 Å². The number of hydrogen-bond donors (Lipinski definition) is 2. The third kappa shape index (κ3) is 4.38. The maximum absolute atomic E-state index is 11.8. The number of benzene rings is 1. The van der Waals surface area contributed by atoms with Gasteiger partial charge in [-0.25, -0.2) is 4.98 Å². The maximum Gasteiger partial charge on any atom is 0.243 e. The van der Waals surface area contributed by atoms with E-state index in [-0.39, 0.29) is 12.5 Å². The van der Waals surface area contributed by atoms with Crippen molar-refractivity contribution in [1.82, 2.24) is 4.98 Å². The van der Waals surface area contributed by atoms with Gasteiger partial charge >= 0.3 is 0 Å². The first-order chi connectivity index (χ1) is 10.2. The molecule has 1 aromatic carbocycles.